The molecule has 22 heavy (non-hydrogen) atoms. The lowest BCUT2D eigenvalue weighted by Gasteiger charge is -2.20. The first kappa shape index (κ1) is 13.2. The number of aryl methyl sites for hydroxylation is 2. The lowest BCUT2D eigenvalue weighted by atomic mass is 10.1. The Labute approximate surface area is 128 Å². The van der Waals surface area contributed by atoms with E-state index >= 15 is 0 Å². The molecule has 4 heteroatoms. The summed E-state index contributed by atoms with van der Waals surface area (Å²) in [6.45, 7) is 4.68. The van der Waals surface area contributed by atoms with Gasteiger partial charge in [-0.2, -0.15) is 0 Å². The van der Waals surface area contributed by atoms with Crippen LogP contribution in [0.3, 0.4) is 0 Å². The molecule has 0 unspecified atom stereocenters. The Kier molecular flexibility index (Phi) is 2.86. The van der Waals surface area contributed by atoms with E-state index < -0.39 is 0 Å². The summed E-state index contributed by atoms with van der Waals surface area (Å²) in [4.78, 5) is 11.0. The van der Waals surface area contributed by atoms with Gasteiger partial charge in [-0.15, -0.1) is 0 Å². The van der Waals surface area contributed by atoms with Crippen molar-refractivity contribution in [2.45, 2.75) is 20.3 Å². The average Bonchev–Trinajstić information content (AvgIpc) is 2.90. The molecule has 0 saturated carbocycles. The van der Waals surface area contributed by atoms with Gasteiger partial charge >= 0.3 is 0 Å². The molecule has 0 radical (unpaired) electrons. The molecule has 0 saturated heterocycles. The Hall–Kier alpha value is -2.49. The monoisotopic (exact) mass is 293 g/mol. The van der Waals surface area contributed by atoms with Crippen molar-refractivity contribution in [1.82, 2.24) is 9.97 Å². The van der Waals surface area contributed by atoms with E-state index in [1.807, 2.05) is 12.1 Å². The van der Waals surface area contributed by atoms with Gasteiger partial charge in [-0.05, 0) is 55.7 Å². The Balaban J connectivity index is 1.92. The van der Waals surface area contributed by atoms with E-state index in [1.165, 1.54) is 5.56 Å². The van der Waals surface area contributed by atoms with Gasteiger partial charge < -0.3 is 4.90 Å². The summed E-state index contributed by atoms with van der Waals surface area (Å²) in [7, 11) is 0. The normalized spacial score (nSPS) is 13.7. The van der Waals surface area contributed by atoms with Crippen LogP contribution in [-0.2, 0) is 6.42 Å². The maximum absolute atomic E-state index is 13.8. The highest BCUT2D eigenvalue weighted by molar-refractivity contribution is 5.92. The summed E-state index contributed by atoms with van der Waals surface area (Å²) < 4.78 is 13.8. The van der Waals surface area contributed by atoms with Crippen LogP contribution in [0.15, 0.2) is 36.7 Å². The van der Waals surface area contributed by atoms with Gasteiger partial charge in [-0.25, -0.2) is 14.4 Å². The Morgan fingerprint density at radius 1 is 1.09 bits per heavy atom. The highest BCUT2D eigenvalue weighted by Gasteiger charge is 2.24. The van der Waals surface area contributed by atoms with Crippen molar-refractivity contribution in [1.29, 1.82) is 0 Å². The van der Waals surface area contributed by atoms with Crippen molar-refractivity contribution in [3.05, 3.63) is 59.2 Å². The molecule has 0 N–H and O–H groups in total. The third-order valence-electron chi connectivity index (χ3n) is 4.28. The predicted octanol–water partition coefficient (Wildman–Crippen LogP) is 4.08. The topological polar surface area (TPSA) is 29.0 Å². The molecule has 2 heterocycles. The molecule has 0 bridgehead atoms. The Morgan fingerprint density at radius 2 is 1.95 bits per heavy atom. The van der Waals surface area contributed by atoms with E-state index in [0.717, 1.165) is 40.9 Å². The quantitative estimate of drug-likeness (QED) is 0.677. The fourth-order valence-electron chi connectivity index (χ4n) is 3.10. The summed E-state index contributed by atoms with van der Waals surface area (Å²) in [5.41, 5.74) is 4.88. The van der Waals surface area contributed by atoms with Crippen molar-refractivity contribution in [2.24, 2.45) is 0 Å². The Morgan fingerprint density at radius 3 is 2.82 bits per heavy atom. The molecular formula is C18H16FN3. The van der Waals surface area contributed by atoms with Crippen LogP contribution in [0.1, 0.15) is 16.7 Å². The van der Waals surface area contributed by atoms with Gasteiger partial charge in [0.25, 0.3) is 0 Å². The summed E-state index contributed by atoms with van der Waals surface area (Å²) in [6, 6.07) is 9.75. The van der Waals surface area contributed by atoms with Crippen molar-refractivity contribution in [3.8, 4) is 0 Å². The maximum atomic E-state index is 13.8. The van der Waals surface area contributed by atoms with Gasteiger partial charge in [0.2, 0.25) is 0 Å². The van der Waals surface area contributed by atoms with Crippen LogP contribution < -0.4 is 4.90 Å². The van der Waals surface area contributed by atoms with E-state index in [-0.39, 0.29) is 5.82 Å². The molecule has 1 aliphatic rings. The lowest BCUT2D eigenvalue weighted by Crippen LogP contribution is -2.15. The molecule has 3 aromatic rings. The first-order valence-electron chi connectivity index (χ1n) is 7.41. The molecule has 1 aromatic heterocycles. The van der Waals surface area contributed by atoms with Gasteiger partial charge in [0.15, 0.2) is 0 Å². The molecule has 0 aliphatic carbocycles. The smallest absolute Gasteiger partial charge is 0.144 e. The van der Waals surface area contributed by atoms with Crippen LogP contribution >= 0.6 is 0 Å². The third-order valence-corrected chi connectivity index (χ3v) is 4.28. The first-order chi connectivity index (χ1) is 10.6. The van der Waals surface area contributed by atoms with Gasteiger partial charge in [-0.1, -0.05) is 11.6 Å². The minimum atomic E-state index is -0.135. The van der Waals surface area contributed by atoms with E-state index in [4.69, 9.17) is 0 Å². The maximum Gasteiger partial charge on any atom is 0.144 e. The number of rotatable bonds is 1. The van der Waals surface area contributed by atoms with Gasteiger partial charge in [0, 0.05) is 17.6 Å². The largest absolute Gasteiger partial charge is 0.325 e. The van der Waals surface area contributed by atoms with Gasteiger partial charge in [0.05, 0.1) is 5.52 Å². The van der Waals surface area contributed by atoms with Crippen LogP contribution in [-0.4, -0.2) is 16.5 Å². The van der Waals surface area contributed by atoms with E-state index in [0.29, 0.717) is 5.56 Å². The molecule has 4 rings (SSSR count). The highest BCUT2D eigenvalue weighted by atomic mass is 19.1. The van der Waals surface area contributed by atoms with E-state index in [1.54, 1.807) is 19.3 Å². The first-order valence-corrected chi connectivity index (χ1v) is 7.41. The minimum Gasteiger partial charge on any atom is -0.325 e. The second-order valence-electron chi connectivity index (χ2n) is 5.85. The van der Waals surface area contributed by atoms with Crippen LogP contribution in [0.2, 0.25) is 0 Å². The zero-order valence-corrected chi connectivity index (χ0v) is 12.6. The van der Waals surface area contributed by atoms with E-state index in [2.05, 4.69) is 33.9 Å². The lowest BCUT2D eigenvalue weighted by molar-refractivity contribution is 0.617. The van der Waals surface area contributed by atoms with Crippen molar-refractivity contribution >= 4 is 22.4 Å². The molecule has 2 aromatic carbocycles. The number of benzene rings is 2. The summed E-state index contributed by atoms with van der Waals surface area (Å²) in [5, 5.41) is 1.04. The number of aromatic nitrogens is 2. The van der Waals surface area contributed by atoms with Crippen molar-refractivity contribution in [3.63, 3.8) is 0 Å². The second kappa shape index (κ2) is 4.77. The summed E-state index contributed by atoms with van der Waals surface area (Å²) in [5.74, 6) is 0.766. The number of nitrogens with zero attached hydrogens (tertiary/aromatic N) is 3. The number of halogens is 1. The highest BCUT2D eigenvalue weighted by Crippen LogP contribution is 2.37. The summed E-state index contributed by atoms with van der Waals surface area (Å²) in [6.07, 6.45) is 2.44. The molecule has 0 atom stereocenters. The van der Waals surface area contributed by atoms with Crippen LogP contribution in [0.25, 0.3) is 10.9 Å². The Bertz CT molecular complexity index is 889. The van der Waals surface area contributed by atoms with Crippen LogP contribution in [0.5, 0.6) is 0 Å². The van der Waals surface area contributed by atoms with Gasteiger partial charge in [0.1, 0.15) is 18.0 Å². The number of hydrogen-bond donors (Lipinski definition) is 0. The zero-order valence-electron chi connectivity index (χ0n) is 12.6. The standard InChI is InChI=1S/C18H16FN3/c1-11-3-4-16-14(7-11)18(21-10-20-16)22-6-5-13-9-15(19)12(2)8-17(13)22/h3-4,7-10H,5-6H2,1-2H3. The number of fused-ring (bicyclic) bond motifs is 2. The van der Waals surface area contributed by atoms with Crippen LogP contribution in [0.4, 0.5) is 15.9 Å². The molecule has 1 aliphatic heterocycles. The van der Waals surface area contributed by atoms with Crippen molar-refractivity contribution < 1.29 is 4.39 Å². The predicted molar refractivity (Wildman–Crippen MR) is 86.1 cm³/mol. The van der Waals surface area contributed by atoms with Crippen LogP contribution in [0, 0.1) is 19.7 Å². The molecular weight excluding hydrogens is 277 g/mol. The van der Waals surface area contributed by atoms with Gasteiger partial charge in [-0.3, -0.25) is 0 Å². The average molecular weight is 293 g/mol. The summed E-state index contributed by atoms with van der Waals surface area (Å²) >= 11 is 0. The third kappa shape index (κ3) is 1.95. The molecule has 110 valence electrons. The van der Waals surface area contributed by atoms with Crippen molar-refractivity contribution in [2.75, 3.05) is 11.4 Å². The molecule has 0 fully saturated rings. The number of anilines is 2. The molecule has 3 nitrogen and oxygen atoms in total. The zero-order chi connectivity index (χ0) is 15.3. The fourth-order valence-corrected chi connectivity index (χ4v) is 3.10. The SMILES string of the molecule is Cc1ccc2ncnc(N3CCc4cc(F)c(C)cc43)c2c1. The minimum absolute atomic E-state index is 0.135. The van der Waals surface area contributed by atoms with E-state index in [9.17, 15) is 4.39 Å². The molecule has 0 amide bonds. The molecule has 0 spiro atoms. The number of hydrogen-bond acceptors (Lipinski definition) is 3. The second-order valence-corrected chi connectivity index (χ2v) is 5.85. The fraction of sp³-hybridized carbons (Fsp3) is 0.222.